The number of likely N-dealkylation sites (N-methyl/N-ethyl adjacent to an activating group) is 2. The summed E-state index contributed by atoms with van der Waals surface area (Å²) in [6, 6.07) is 9.50. The molecule has 7 nitrogen and oxygen atoms in total. The van der Waals surface area contributed by atoms with Gasteiger partial charge in [0.2, 0.25) is 0 Å². The first-order chi connectivity index (χ1) is 13.4. The molecule has 1 saturated carbocycles. The molecule has 7 heteroatoms. The molecule has 0 spiro atoms. The highest BCUT2D eigenvalue weighted by atomic mass is 16.5. The lowest BCUT2D eigenvalue weighted by molar-refractivity contribution is -0.882. The number of nitrogens with zero attached hydrogens (tertiary/aromatic N) is 2. The minimum atomic E-state index is -0.695. The van der Waals surface area contributed by atoms with E-state index < -0.39 is 5.54 Å². The van der Waals surface area contributed by atoms with E-state index in [1.807, 2.05) is 6.92 Å². The van der Waals surface area contributed by atoms with Gasteiger partial charge in [0.1, 0.15) is 11.3 Å². The first-order valence-electron chi connectivity index (χ1n) is 9.89. The van der Waals surface area contributed by atoms with Gasteiger partial charge in [-0.15, -0.1) is 0 Å². The van der Waals surface area contributed by atoms with E-state index >= 15 is 0 Å². The maximum absolute atomic E-state index is 12.8. The number of ether oxygens (including phenoxy) is 1. The lowest BCUT2D eigenvalue weighted by Crippen LogP contribution is -3.14. The van der Waals surface area contributed by atoms with Crippen LogP contribution in [0.5, 0.6) is 5.75 Å². The molecule has 2 amide bonds. The smallest absolute Gasteiger partial charge is 0.279 e. The zero-order valence-corrected chi connectivity index (χ0v) is 17.1. The summed E-state index contributed by atoms with van der Waals surface area (Å²) in [5.74, 6) is 0.490. The normalized spacial score (nSPS) is 16.5. The Kier molecular flexibility index (Phi) is 7.82. The van der Waals surface area contributed by atoms with Gasteiger partial charge in [-0.1, -0.05) is 19.3 Å². The van der Waals surface area contributed by atoms with Gasteiger partial charge < -0.3 is 19.9 Å². The summed E-state index contributed by atoms with van der Waals surface area (Å²) in [5.41, 5.74) is -0.00478. The van der Waals surface area contributed by atoms with Gasteiger partial charge in [-0.05, 0) is 44.0 Å². The number of nitrogens with one attached hydrogen (secondary N) is 2. The first-order valence-corrected chi connectivity index (χ1v) is 9.89. The van der Waals surface area contributed by atoms with Gasteiger partial charge in [0, 0.05) is 12.7 Å². The van der Waals surface area contributed by atoms with Crippen LogP contribution < -0.4 is 15.0 Å². The zero-order chi connectivity index (χ0) is 20.6. The molecule has 0 aliphatic heterocycles. The molecule has 0 aromatic heterocycles. The largest absolute Gasteiger partial charge is 0.497 e. The molecule has 1 atom stereocenters. The molecular weight excluding hydrogens is 356 g/mol. The van der Waals surface area contributed by atoms with E-state index in [1.54, 1.807) is 43.3 Å². The van der Waals surface area contributed by atoms with Crippen LogP contribution in [-0.2, 0) is 9.59 Å². The monoisotopic (exact) mass is 387 g/mol. The van der Waals surface area contributed by atoms with Crippen LogP contribution >= 0.6 is 0 Å². The van der Waals surface area contributed by atoms with Crippen LogP contribution in [0.1, 0.15) is 39.0 Å². The summed E-state index contributed by atoms with van der Waals surface area (Å²) >= 11 is 0. The predicted octanol–water partition coefficient (Wildman–Crippen LogP) is 1.22. The molecule has 2 rings (SSSR count). The summed E-state index contributed by atoms with van der Waals surface area (Å²) in [5, 5.41) is 12.5. The molecule has 1 unspecified atom stereocenters. The highest BCUT2D eigenvalue weighted by Crippen LogP contribution is 2.32. The molecule has 0 saturated heterocycles. The summed E-state index contributed by atoms with van der Waals surface area (Å²) in [7, 11) is 3.31. The number of carbonyl (C=O) groups is 2. The van der Waals surface area contributed by atoms with Crippen molar-refractivity contribution in [2.45, 2.75) is 44.6 Å². The Balaban J connectivity index is 1.92. The lowest BCUT2D eigenvalue weighted by Gasteiger charge is -2.39. The average Bonchev–Trinajstić information content (AvgIpc) is 2.73. The SMILES string of the molecule is CC[NH+](CC(=O)Nc1ccc(OC)cc1)CC(=O)N(C)C1(C#N)CCCCC1. The van der Waals surface area contributed by atoms with Crippen molar-refractivity contribution in [3.63, 3.8) is 0 Å². The molecule has 2 N–H and O–H groups in total. The standard InChI is InChI=1S/C21H30N4O3/c1-4-25(14-19(26)23-17-8-10-18(28-3)11-9-17)15-20(27)24(2)21(16-22)12-6-5-7-13-21/h8-11H,4-7,12-15H2,1-3H3,(H,23,26)/p+1. The van der Waals surface area contributed by atoms with E-state index in [0.29, 0.717) is 12.2 Å². The number of amides is 2. The van der Waals surface area contributed by atoms with Crippen LogP contribution in [0.4, 0.5) is 5.69 Å². The zero-order valence-electron chi connectivity index (χ0n) is 17.1. The Bertz CT molecular complexity index is 705. The molecular formula is C21H31N4O3+. The molecule has 1 fully saturated rings. The van der Waals surface area contributed by atoms with E-state index in [4.69, 9.17) is 4.74 Å². The summed E-state index contributed by atoms with van der Waals surface area (Å²) in [4.78, 5) is 27.6. The van der Waals surface area contributed by atoms with Gasteiger partial charge >= 0.3 is 0 Å². The van der Waals surface area contributed by atoms with Crippen molar-refractivity contribution in [1.29, 1.82) is 5.26 Å². The molecule has 28 heavy (non-hydrogen) atoms. The van der Waals surface area contributed by atoms with Crippen molar-refractivity contribution in [3.8, 4) is 11.8 Å². The van der Waals surface area contributed by atoms with Crippen LogP contribution in [0.3, 0.4) is 0 Å². The molecule has 1 aliphatic carbocycles. The Morgan fingerprint density at radius 2 is 1.86 bits per heavy atom. The average molecular weight is 388 g/mol. The summed E-state index contributed by atoms with van der Waals surface area (Å²) in [6.45, 7) is 2.99. The maximum atomic E-state index is 12.8. The second-order valence-electron chi connectivity index (χ2n) is 7.39. The first kappa shape index (κ1) is 21.7. The van der Waals surface area contributed by atoms with Gasteiger partial charge in [-0.3, -0.25) is 9.59 Å². The van der Waals surface area contributed by atoms with Gasteiger partial charge in [-0.25, -0.2) is 0 Å². The molecule has 152 valence electrons. The van der Waals surface area contributed by atoms with Crippen molar-refractivity contribution in [2.75, 3.05) is 39.1 Å². The van der Waals surface area contributed by atoms with Crippen LogP contribution in [-0.4, -0.2) is 56.0 Å². The second kappa shape index (κ2) is 10.1. The quantitative estimate of drug-likeness (QED) is 0.702. The molecule has 1 aromatic carbocycles. The van der Waals surface area contributed by atoms with E-state index in [1.165, 1.54) is 0 Å². The fraction of sp³-hybridized carbons (Fsp3) is 0.571. The Morgan fingerprint density at radius 3 is 2.39 bits per heavy atom. The van der Waals surface area contributed by atoms with Crippen LogP contribution in [0.25, 0.3) is 0 Å². The van der Waals surface area contributed by atoms with E-state index in [9.17, 15) is 14.9 Å². The number of quaternary nitrogens is 1. The molecule has 1 aliphatic rings. The summed E-state index contributed by atoms with van der Waals surface area (Å²) in [6.07, 6.45) is 4.51. The maximum Gasteiger partial charge on any atom is 0.279 e. The Morgan fingerprint density at radius 1 is 1.21 bits per heavy atom. The number of hydrogen-bond acceptors (Lipinski definition) is 4. The van der Waals surface area contributed by atoms with E-state index in [-0.39, 0.29) is 24.9 Å². The fourth-order valence-electron chi connectivity index (χ4n) is 3.65. The van der Waals surface area contributed by atoms with Crippen molar-refractivity contribution in [2.24, 2.45) is 0 Å². The fourth-order valence-corrected chi connectivity index (χ4v) is 3.65. The van der Waals surface area contributed by atoms with Gasteiger partial charge in [0.15, 0.2) is 13.1 Å². The predicted molar refractivity (Wildman–Crippen MR) is 107 cm³/mol. The third kappa shape index (κ3) is 5.46. The van der Waals surface area contributed by atoms with Crippen molar-refractivity contribution in [3.05, 3.63) is 24.3 Å². The number of anilines is 1. The van der Waals surface area contributed by atoms with Gasteiger partial charge in [0.25, 0.3) is 11.8 Å². The number of methoxy groups -OCH3 is 1. The van der Waals surface area contributed by atoms with Crippen LogP contribution in [0, 0.1) is 11.3 Å². The molecule has 1 aromatic rings. The highest BCUT2D eigenvalue weighted by Gasteiger charge is 2.39. The number of rotatable bonds is 8. The van der Waals surface area contributed by atoms with Crippen LogP contribution in [0.2, 0.25) is 0 Å². The Hall–Kier alpha value is -2.59. The minimum absolute atomic E-state index is 0.0856. The topological polar surface area (TPSA) is 86.9 Å². The number of nitriles is 1. The van der Waals surface area contributed by atoms with Crippen LogP contribution in [0.15, 0.2) is 24.3 Å². The number of hydrogen-bond donors (Lipinski definition) is 2. The van der Waals surface area contributed by atoms with Crippen molar-refractivity contribution in [1.82, 2.24) is 4.90 Å². The second-order valence-corrected chi connectivity index (χ2v) is 7.39. The Labute approximate surface area is 167 Å². The van der Waals surface area contributed by atoms with Crippen molar-refractivity contribution >= 4 is 17.5 Å². The third-order valence-corrected chi connectivity index (χ3v) is 5.59. The minimum Gasteiger partial charge on any atom is -0.497 e. The number of benzene rings is 1. The molecule has 0 heterocycles. The van der Waals surface area contributed by atoms with E-state index in [2.05, 4.69) is 11.4 Å². The molecule has 0 bridgehead atoms. The summed E-state index contributed by atoms with van der Waals surface area (Å²) < 4.78 is 5.11. The number of carbonyl (C=O) groups excluding carboxylic acids is 2. The van der Waals surface area contributed by atoms with Crippen molar-refractivity contribution < 1.29 is 19.2 Å². The van der Waals surface area contributed by atoms with Gasteiger partial charge in [-0.2, -0.15) is 5.26 Å². The molecule has 0 radical (unpaired) electrons. The lowest BCUT2D eigenvalue weighted by atomic mass is 9.81. The van der Waals surface area contributed by atoms with Gasteiger partial charge in [0.05, 0.1) is 19.7 Å². The van der Waals surface area contributed by atoms with E-state index in [0.717, 1.165) is 42.8 Å². The third-order valence-electron chi connectivity index (χ3n) is 5.59. The highest BCUT2D eigenvalue weighted by molar-refractivity contribution is 5.91.